The molecule has 1 rings (SSSR count). The van der Waals surface area contributed by atoms with Crippen LogP contribution in [0.15, 0.2) is 30.3 Å². The van der Waals surface area contributed by atoms with Crippen LogP contribution in [0, 0.1) is 0 Å². The molecule has 0 aliphatic rings. The molecule has 4 heteroatoms. The lowest BCUT2D eigenvalue weighted by Crippen LogP contribution is -2.49. The Morgan fingerprint density at radius 3 is 2.08 bits per heavy atom. The smallest absolute Gasteiger partial charge is 0.240 e. The minimum absolute atomic E-state index is 0.588. The first-order valence-corrected chi connectivity index (χ1v) is 3.56. The lowest BCUT2D eigenvalue weighted by atomic mass is 10.1. The lowest BCUT2D eigenvalue weighted by Gasteiger charge is -2.23. The van der Waals surface area contributed by atoms with Crippen molar-refractivity contribution in [2.24, 2.45) is 11.5 Å². The molecule has 0 heterocycles. The molecule has 0 aliphatic heterocycles. The average molecular weight is 168 g/mol. The van der Waals surface area contributed by atoms with Gasteiger partial charge in [-0.25, -0.2) is 0 Å². The SMILES string of the molecule is NC(c1ccccc1)C(N)(O)O. The van der Waals surface area contributed by atoms with E-state index in [4.69, 9.17) is 21.7 Å². The molecule has 0 aliphatic carbocycles. The van der Waals surface area contributed by atoms with Crippen LogP contribution in [-0.2, 0) is 0 Å². The summed E-state index contributed by atoms with van der Waals surface area (Å²) in [4.78, 5) is 0. The number of benzene rings is 1. The highest BCUT2D eigenvalue weighted by Gasteiger charge is 2.27. The molecule has 1 unspecified atom stereocenters. The number of hydrogen-bond donors (Lipinski definition) is 4. The Morgan fingerprint density at radius 1 is 1.17 bits per heavy atom. The first-order chi connectivity index (χ1) is 5.52. The highest BCUT2D eigenvalue weighted by atomic mass is 16.5. The third kappa shape index (κ3) is 2.02. The maximum absolute atomic E-state index is 8.95. The van der Waals surface area contributed by atoms with Crippen LogP contribution in [0.25, 0.3) is 0 Å². The van der Waals surface area contributed by atoms with Gasteiger partial charge in [0.15, 0.2) is 0 Å². The fraction of sp³-hybridized carbons (Fsp3) is 0.250. The van der Waals surface area contributed by atoms with E-state index in [1.54, 1.807) is 24.3 Å². The fourth-order valence-corrected chi connectivity index (χ4v) is 0.906. The van der Waals surface area contributed by atoms with Gasteiger partial charge in [0.25, 0.3) is 0 Å². The Bertz CT molecular complexity index is 243. The summed E-state index contributed by atoms with van der Waals surface area (Å²) in [6.07, 6.45) is 0. The van der Waals surface area contributed by atoms with Gasteiger partial charge in [0, 0.05) is 0 Å². The first kappa shape index (κ1) is 9.15. The molecule has 1 aromatic rings. The highest BCUT2D eigenvalue weighted by molar-refractivity contribution is 5.19. The topological polar surface area (TPSA) is 92.5 Å². The molecule has 1 aromatic carbocycles. The van der Waals surface area contributed by atoms with Crippen LogP contribution in [0.3, 0.4) is 0 Å². The van der Waals surface area contributed by atoms with E-state index in [0.29, 0.717) is 5.56 Å². The van der Waals surface area contributed by atoms with Gasteiger partial charge in [-0.15, -0.1) is 0 Å². The molecular weight excluding hydrogens is 156 g/mol. The zero-order valence-corrected chi connectivity index (χ0v) is 6.51. The van der Waals surface area contributed by atoms with Crippen LogP contribution < -0.4 is 11.5 Å². The van der Waals surface area contributed by atoms with Crippen LogP contribution in [0.5, 0.6) is 0 Å². The second-order valence-corrected chi connectivity index (χ2v) is 2.67. The Morgan fingerprint density at radius 2 is 1.67 bits per heavy atom. The van der Waals surface area contributed by atoms with Crippen molar-refractivity contribution in [1.82, 2.24) is 0 Å². The second kappa shape index (κ2) is 3.20. The molecule has 0 amide bonds. The number of nitrogens with two attached hydrogens (primary N) is 2. The van der Waals surface area contributed by atoms with Crippen molar-refractivity contribution in [2.45, 2.75) is 12.0 Å². The van der Waals surface area contributed by atoms with Crippen LogP contribution in [-0.4, -0.2) is 16.1 Å². The Kier molecular flexibility index (Phi) is 2.44. The normalized spacial score (nSPS) is 14.3. The maximum atomic E-state index is 8.95. The van der Waals surface area contributed by atoms with Crippen LogP contribution in [0.4, 0.5) is 0 Å². The molecule has 0 saturated heterocycles. The molecule has 0 radical (unpaired) electrons. The van der Waals surface area contributed by atoms with E-state index >= 15 is 0 Å². The summed E-state index contributed by atoms with van der Waals surface area (Å²) < 4.78 is 0. The number of aliphatic hydroxyl groups is 2. The van der Waals surface area contributed by atoms with E-state index in [2.05, 4.69) is 0 Å². The second-order valence-electron chi connectivity index (χ2n) is 2.67. The van der Waals surface area contributed by atoms with Gasteiger partial charge in [0.2, 0.25) is 5.91 Å². The minimum atomic E-state index is -2.36. The predicted molar refractivity (Wildman–Crippen MR) is 44.7 cm³/mol. The number of hydrogen-bond acceptors (Lipinski definition) is 4. The van der Waals surface area contributed by atoms with Gasteiger partial charge in [0.1, 0.15) is 0 Å². The molecule has 12 heavy (non-hydrogen) atoms. The van der Waals surface area contributed by atoms with Crippen molar-refractivity contribution >= 4 is 0 Å². The summed E-state index contributed by atoms with van der Waals surface area (Å²) in [6, 6.07) is 7.68. The van der Waals surface area contributed by atoms with Crippen LogP contribution in [0.1, 0.15) is 11.6 Å². The molecule has 0 bridgehead atoms. The van der Waals surface area contributed by atoms with E-state index < -0.39 is 12.0 Å². The molecule has 0 saturated carbocycles. The van der Waals surface area contributed by atoms with Gasteiger partial charge in [-0.2, -0.15) is 0 Å². The Balaban J connectivity index is 2.86. The van der Waals surface area contributed by atoms with Crippen LogP contribution in [0.2, 0.25) is 0 Å². The highest BCUT2D eigenvalue weighted by Crippen LogP contribution is 2.16. The molecule has 0 aromatic heterocycles. The average Bonchev–Trinajstić information content (AvgIpc) is 2.03. The third-order valence-electron chi connectivity index (χ3n) is 1.62. The van der Waals surface area contributed by atoms with Crippen molar-refractivity contribution in [2.75, 3.05) is 0 Å². The van der Waals surface area contributed by atoms with Gasteiger partial charge in [-0.05, 0) is 5.56 Å². The molecular formula is C8H12N2O2. The lowest BCUT2D eigenvalue weighted by molar-refractivity contribution is -0.172. The fourth-order valence-electron chi connectivity index (χ4n) is 0.906. The summed E-state index contributed by atoms with van der Waals surface area (Å²) in [5.41, 5.74) is 11.0. The Hall–Kier alpha value is -0.940. The monoisotopic (exact) mass is 168 g/mol. The predicted octanol–water partition coefficient (Wildman–Crippen LogP) is -0.716. The van der Waals surface area contributed by atoms with Crippen molar-refractivity contribution in [3.05, 3.63) is 35.9 Å². The molecule has 0 spiro atoms. The third-order valence-corrected chi connectivity index (χ3v) is 1.62. The maximum Gasteiger partial charge on any atom is 0.240 e. The minimum Gasteiger partial charge on any atom is -0.352 e. The Labute approximate surface area is 70.4 Å². The van der Waals surface area contributed by atoms with Gasteiger partial charge in [0.05, 0.1) is 6.04 Å². The van der Waals surface area contributed by atoms with Crippen molar-refractivity contribution < 1.29 is 10.2 Å². The summed E-state index contributed by atoms with van der Waals surface area (Å²) >= 11 is 0. The number of rotatable bonds is 2. The molecule has 0 fully saturated rings. The summed E-state index contributed by atoms with van der Waals surface area (Å²) in [5, 5.41) is 17.9. The quantitative estimate of drug-likeness (QED) is 0.439. The van der Waals surface area contributed by atoms with Gasteiger partial charge in [-0.3, -0.25) is 5.73 Å². The first-order valence-electron chi connectivity index (χ1n) is 3.56. The van der Waals surface area contributed by atoms with E-state index in [1.807, 2.05) is 6.07 Å². The van der Waals surface area contributed by atoms with Crippen molar-refractivity contribution in [1.29, 1.82) is 0 Å². The van der Waals surface area contributed by atoms with Crippen LogP contribution >= 0.6 is 0 Å². The van der Waals surface area contributed by atoms with Crippen molar-refractivity contribution in [3.8, 4) is 0 Å². The van der Waals surface area contributed by atoms with Gasteiger partial charge < -0.3 is 15.9 Å². The van der Waals surface area contributed by atoms with E-state index in [0.717, 1.165) is 0 Å². The largest absolute Gasteiger partial charge is 0.352 e. The van der Waals surface area contributed by atoms with Crippen molar-refractivity contribution in [3.63, 3.8) is 0 Å². The van der Waals surface area contributed by atoms with E-state index in [-0.39, 0.29) is 0 Å². The standard InChI is InChI=1S/C8H12N2O2/c9-7(8(10,11)12)6-4-2-1-3-5-6/h1-5,7,11-12H,9-10H2. The molecule has 1 atom stereocenters. The van der Waals surface area contributed by atoms with Gasteiger partial charge in [-0.1, -0.05) is 30.3 Å². The molecule has 6 N–H and O–H groups in total. The van der Waals surface area contributed by atoms with E-state index in [9.17, 15) is 0 Å². The molecule has 66 valence electrons. The molecule has 4 nitrogen and oxygen atoms in total. The summed E-state index contributed by atoms with van der Waals surface area (Å²) in [7, 11) is 0. The zero-order valence-electron chi connectivity index (χ0n) is 6.51. The van der Waals surface area contributed by atoms with Gasteiger partial charge >= 0.3 is 0 Å². The van der Waals surface area contributed by atoms with E-state index in [1.165, 1.54) is 0 Å². The zero-order chi connectivity index (χ0) is 9.19. The summed E-state index contributed by atoms with van der Waals surface area (Å²) in [6.45, 7) is 0. The summed E-state index contributed by atoms with van der Waals surface area (Å²) in [5.74, 6) is -2.36.